The fraction of sp³-hybridized carbons (Fsp3) is 0.688. The zero-order valence-electron chi connectivity index (χ0n) is 46.6. The molecule has 8 rings (SSSR count). The summed E-state index contributed by atoms with van der Waals surface area (Å²) >= 11 is -0.670. The molecule has 0 bridgehead atoms. The second-order valence-corrected chi connectivity index (χ2v) is 45.3. The summed E-state index contributed by atoms with van der Waals surface area (Å²) in [7, 11) is 0. The zero-order chi connectivity index (χ0) is 49.3. The van der Waals surface area contributed by atoms with E-state index in [9.17, 15) is 0 Å². The van der Waals surface area contributed by atoms with Gasteiger partial charge in [-0.15, -0.1) is 0 Å². The van der Waals surface area contributed by atoms with Crippen molar-refractivity contribution in [2.75, 3.05) is 0 Å². The van der Waals surface area contributed by atoms with Crippen LogP contribution in [0.15, 0.2) is 47.2 Å². The first kappa shape index (κ1) is 53.2. The van der Waals surface area contributed by atoms with Crippen LogP contribution in [0.3, 0.4) is 0 Å². The Balaban J connectivity index is 1.79. The van der Waals surface area contributed by atoms with Gasteiger partial charge in [-0.3, -0.25) is 0 Å². The molecule has 0 saturated heterocycles. The molecule has 0 fully saturated rings. The molecule has 0 radical (unpaired) electrons. The van der Waals surface area contributed by atoms with Crippen molar-refractivity contribution in [2.24, 2.45) is 0 Å². The van der Waals surface area contributed by atoms with Crippen LogP contribution in [0.4, 0.5) is 0 Å². The zero-order valence-corrected chi connectivity index (χ0v) is 52.4. The summed E-state index contributed by atoms with van der Waals surface area (Å²) in [5.74, 6) is 0. The van der Waals surface area contributed by atoms with Crippen LogP contribution in [0.1, 0.15) is 284 Å². The molecule has 0 N–H and O–H groups in total. The Kier molecular flexibility index (Phi) is 15.4. The molecule has 4 aliphatic carbocycles. The van der Waals surface area contributed by atoms with Crippen molar-refractivity contribution in [3.05, 3.63) is 91.7 Å². The fourth-order valence-corrected chi connectivity index (χ4v) is 59.3. The molecule has 68 heavy (non-hydrogen) atoms. The topological polar surface area (TPSA) is 0 Å². The van der Waals surface area contributed by atoms with Crippen LogP contribution in [0.25, 0.3) is 0 Å². The molecule has 0 atom stereocenters. The van der Waals surface area contributed by atoms with E-state index >= 15 is 0 Å². The Morgan fingerprint density at radius 2 is 0.529 bits per heavy atom. The molecule has 0 spiro atoms. The normalized spacial score (nSPS) is 21.6. The third-order valence-corrected chi connectivity index (χ3v) is 56.6. The average Bonchev–Trinajstić information content (AvgIpc) is 4.27. The van der Waals surface area contributed by atoms with Crippen molar-refractivity contribution in [3.63, 3.8) is 0 Å². The number of benzene rings is 2. The summed E-state index contributed by atoms with van der Waals surface area (Å²) in [6.45, 7) is 41.6. The molecule has 4 aromatic rings. The van der Waals surface area contributed by atoms with E-state index in [4.69, 9.17) is 0 Å². The SMILES string of the molecule is CCC1(CC)CC(CC)(CC)c2c1cc1c([c]2/[Ge]([c]2cccs2)=[Ge](\[c]2cccs2)[c]2c3c(cc4c2C(CC)(CC)CC4(CC)CC)C(CC)(CC)CC3(CC)CC)C(CC)(CC)CC1(CC)CC. The standard InChI is InChI=1S/C64H96Ge2S2/c1-17-57(18-2)41-61(25-9,26-10)51-45(57)39-46-52(62(27-11,28-12)42-58(46,19-3)20-4)55(51)65(49-35-33-37-67-49)66(50-36-34-38-68-50)56-53-47(59(21-5,22-6)43-63(53,29-13)30-14)40-48-54(56)64(31-15,32-16)44-60(48,23-7)24-8/h33-40H,17-32,41-44H2,1-16H3/b66-65+. The number of fused-ring (bicyclic) bond motifs is 4. The van der Waals surface area contributed by atoms with Gasteiger partial charge >= 0.3 is 437 Å². The summed E-state index contributed by atoms with van der Waals surface area (Å²) in [5.41, 5.74) is 17.0. The average molecular weight is 1070 g/mol. The first-order valence-electron chi connectivity index (χ1n) is 29.0. The van der Waals surface area contributed by atoms with Crippen LogP contribution in [0.5, 0.6) is 0 Å². The van der Waals surface area contributed by atoms with Gasteiger partial charge in [0.15, 0.2) is 0 Å². The van der Waals surface area contributed by atoms with Gasteiger partial charge in [-0.25, -0.2) is 0 Å². The van der Waals surface area contributed by atoms with Crippen LogP contribution in [-0.2, 0) is 43.3 Å². The van der Waals surface area contributed by atoms with Crippen molar-refractivity contribution in [1.82, 2.24) is 0 Å². The van der Waals surface area contributed by atoms with E-state index in [-0.39, 0.29) is 43.3 Å². The van der Waals surface area contributed by atoms with Gasteiger partial charge in [-0.1, -0.05) is 0 Å². The van der Waals surface area contributed by atoms with Crippen molar-refractivity contribution in [3.8, 4) is 0 Å². The maximum absolute atomic E-state index is 3.01. The van der Waals surface area contributed by atoms with Gasteiger partial charge in [0.25, 0.3) is 0 Å². The number of thiophene rings is 2. The van der Waals surface area contributed by atoms with E-state index in [1.165, 1.54) is 128 Å². The van der Waals surface area contributed by atoms with Gasteiger partial charge < -0.3 is 0 Å². The van der Waals surface area contributed by atoms with Crippen LogP contribution in [0.2, 0.25) is 0 Å². The van der Waals surface area contributed by atoms with Gasteiger partial charge in [0.2, 0.25) is 0 Å². The second kappa shape index (κ2) is 19.6. The van der Waals surface area contributed by atoms with Crippen LogP contribution in [-0.4, -0.2) is 23.7 Å². The number of hydrogen-bond acceptors (Lipinski definition) is 2. The Morgan fingerprint density at radius 1 is 0.324 bits per heavy atom. The first-order valence-corrected chi connectivity index (χ1v) is 41.4. The van der Waals surface area contributed by atoms with Crippen LogP contribution in [0, 0.1) is 0 Å². The predicted molar refractivity (Wildman–Crippen MR) is 308 cm³/mol. The quantitative estimate of drug-likeness (QED) is 0.0774. The summed E-state index contributed by atoms with van der Waals surface area (Å²) in [6, 6.07) is 16.5. The van der Waals surface area contributed by atoms with Crippen molar-refractivity contribution in [1.29, 1.82) is 0 Å². The molecule has 0 aliphatic heterocycles. The summed E-state index contributed by atoms with van der Waals surface area (Å²) in [5, 5.41) is 5.06. The molecule has 2 aromatic carbocycles. The second-order valence-electron chi connectivity index (χ2n) is 23.5. The monoisotopic (exact) mass is 1080 g/mol. The van der Waals surface area contributed by atoms with E-state index in [0.29, 0.717) is 0 Å². The summed E-state index contributed by atoms with van der Waals surface area (Å²) in [4.78, 5) is 0. The minimum atomic E-state index is -2.55. The van der Waals surface area contributed by atoms with E-state index in [1.54, 1.807) is 0 Å². The first-order chi connectivity index (χ1) is 32.7. The molecular formula is C64H96Ge2S2. The molecule has 0 saturated carbocycles. The third-order valence-electron chi connectivity index (χ3n) is 22.9. The summed E-state index contributed by atoms with van der Waals surface area (Å²) < 4.78 is 7.88. The molecule has 372 valence electrons. The Labute approximate surface area is 433 Å². The van der Waals surface area contributed by atoms with Gasteiger partial charge in [0.05, 0.1) is 0 Å². The molecule has 2 heterocycles. The van der Waals surface area contributed by atoms with Crippen molar-refractivity contribution < 1.29 is 0 Å². The van der Waals surface area contributed by atoms with E-state index in [1.807, 2.05) is 51.9 Å². The molecule has 4 aliphatic rings. The third kappa shape index (κ3) is 7.13. The minimum absolute atomic E-state index is 0.212. The molecular weight excluding hydrogens is 978 g/mol. The van der Waals surface area contributed by atoms with E-state index < -0.39 is 23.7 Å². The molecule has 0 unspecified atom stereocenters. The maximum atomic E-state index is 3.01. The van der Waals surface area contributed by atoms with E-state index in [2.05, 4.69) is 189 Å². The van der Waals surface area contributed by atoms with Crippen LogP contribution < -0.4 is 16.2 Å². The Bertz CT molecular complexity index is 2150. The van der Waals surface area contributed by atoms with Crippen molar-refractivity contribution >= 4 is 62.6 Å². The molecule has 2 aromatic heterocycles. The predicted octanol–water partition coefficient (Wildman–Crippen LogP) is 16.9. The van der Waals surface area contributed by atoms with E-state index in [0.717, 1.165) is 0 Å². The van der Waals surface area contributed by atoms with Gasteiger partial charge in [-0.2, -0.15) is 0 Å². The fourth-order valence-electron chi connectivity index (χ4n) is 17.6. The van der Waals surface area contributed by atoms with Gasteiger partial charge in [0, 0.05) is 0 Å². The molecule has 0 nitrogen and oxygen atoms in total. The summed E-state index contributed by atoms with van der Waals surface area (Å²) in [6.07, 6.45) is 25.5. The van der Waals surface area contributed by atoms with Crippen LogP contribution >= 0.6 is 22.7 Å². The molecule has 4 heteroatoms. The Hall–Kier alpha value is -1.07. The van der Waals surface area contributed by atoms with Gasteiger partial charge in [0.1, 0.15) is 0 Å². The van der Waals surface area contributed by atoms with Gasteiger partial charge in [-0.05, 0) is 0 Å². The number of hydrogen-bond donors (Lipinski definition) is 0. The number of rotatable bonds is 20. The van der Waals surface area contributed by atoms with Crippen molar-refractivity contribution in [2.45, 2.75) is 283 Å². The molecule has 0 amide bonds. The Morgan fingerprint density at radius 3 is 0.691 bits per heavy atom.